The summed E-state index contributed by atoms with van der Waals surface area (Å²) < 4.78 is 5.21. The molecule has 1 aliphatic carbocycles. The van der Waals surface area contributed by atoms with Crippen LogP contribution in [-0.2, 0) is 16.1 Å². The Balaban J connectivity index is 1.73. The van der Waals surface area contributed by atoms with Gasteiger partial charge in [-0.2, -0.15) is 0 Å². The van der Waals surface area contributed by atoms with Crippen molar-refractivity contribution >= 4 is 17.7 Å². The van der Waals surface area contributed by atoms with Gasteiger partial charge < -0.3 is 4.42 Å². The van der Waals surface area contributed by atoms with E-state index in [0.717, 1.165) is 0 Å². The van der Waals surface area contributed by atoms with Gasteiger partial charge in [0.15, 0.2) is 5.76 Å². The Hall–Kier alpha value is -2.15. The number of rotatable bonds is 3. The van der Waals surface area contributed by atoms with Crippen LogP contribution in [0.5, 0.6) is 0 Å². The van der Waals surface area contributed by atoms with Gasteiger partial charge in [0.25, 0.3) is 0 Å². The summed E-state index contributed by atoms with van der Waals surface area (Å²) >= 11 is 0. The highest BCUT2D eigenvalue weighted by Gasteiger charge is 2.58. The number of nitrogen functional groups attached to an aromatic ring is 1. The topological polar surface area (TPSA) is 106 Å². The van der Waals surface area contributed by atoms with Gasteiger partial charge >= 0.3 is 5.91 Å². The van der Waals surface area contributed by atoms with Gasteiger partial charge in [0.05, 0.1) is 18.4 Å². The monoisotopic (exact) mass is 249 g/mol. The number of piperidine rings is 1. The lowest BCUT2D eigenvalue weighted by molar-refractivity contribution is -0.142. The van der Waals surface area contributed by atoms with Crippen LogP contribution >= 0.6 is 0 Å². The maximum absolute atomic E-state index is 11.7. The lowest BCUT2D eigenvalue weighted by Crippen LogP contribution is -2.32. The van der Waals surface area contributed by atoms with Gasteiger partial charge in [-0.1, -0.05) is 0 Å². The van der Waals surface area contributed by atoms with Gasteiger partial charge in [-0.05, 0) is 18.6 Å². The molecule has 0 radical (unpaired) electrons. The SMILES string of the molecule is NNC(=O)c1ccc(CN2C(=O)C3CC3C2=O)o1. The molecule has 3 rings (SSSR count). The molecule has 2 heterocycles. The van der Waals surface area contributed by atoms with Crippen molar-refractivity contribution in [2.24, 2.45) is 17.7 Å². The molecule has 1 aromatic rings. The molecule has 94 valence electrons. The van der Waals surface area contributed by atoms with E-state index in [4.69, 9.17) is 10.3 Å². The molecule has 1 aromatic heterocycles. The number of nitrogens with one attached hydrogen (secondary N) is 1. The molecule has 7 heteroatoms. The first-order valence-corrected chi connectivity index (χ1v) is 5.56. The second-order valence-electron chi connectivity index (χ2n) is 4.45. The fourth-order valence-electron chi connectivity index (χ4n) is 2.22. The summed E-state index contributed by atoms with van der Waals surface area (Å²) in [6, 6.07) is 3.00. The molecule has 3 N–H and O–H groups in total. The van der Waals surface area contributed by atoms with Crippen LogP contribution in [0.15, 0.2) is 16.5 Å². The van der Waals surface area contributed by atoms with Crippen LogP contribution in [-0.4, -0.2) is 22.6 Å². The lowest BCUT2D eigenvalue weighted by atomic mass is 10.3. The molecule has 7 nitrogen and oxygen atoms in total. The first-order valence-electron chi connectivity index (χ1n) is 5.56. The number of imide groups is 1. The smallest absolute Gasteiger partial charge is 0.300 e. The van der Waals surface area contributed by atoms with Crippen molar-refractivity contribution in [1.29, 1.82) is 0 Å². The number of hydrogen-bond acceptors (Lipinski definition) is 5. The third-order valence-electron chi connectivity index (χ3n) is 3.29. The Morgan fingerprint density at radius 3 is 2.67 bits per heavy atom. The molecular weight excluding hydrogens is 238 g/mol. The molecule has 2 unspecified atom stereocenters. The molecule has 18 heavy (non-hydrogen) atoms. The minimum Gasteiger partial charge on any atom is -0.454 e. The van der Waals surface area contributed by atoms with E-state index in [9.17, 15) is 14.4 Å². The highest BCUT2D eigenvalue weighted by atomic mass is 16.4. The van der Waals surface area contributed by atoms with Gasteiger partial charge in [0, 0.05) is 0 Å². The standard InChI is InChI=1S/C11H11N3O4/c12-13-9(15)8-2-1-5(18-8)4-14-10(16)6-3-7(6)11(14)17/h1-2,6-7H,3-4,12H2,(H,13,15). The third-order valence-corrected chi connectivity index (χ3v) is 3.29. The van der Waals surface area contributed by atoms with Crippen molar-refractivity contribution in [2.45, 2.75) is 13.0 Å². The summed E-state index contributed by atoms with van der Waals surface area (Å²) in [6.45, 7) is 0.0719. The summed E-state index contributed by atoms with van der Waals surface area (Å²) in [4.78, 5) is 35.8. The number of carbonyl (C=O) groups excluding carboxylic acids is 3. The second kappa shape index (κ2) is 3.67. The van der Waals surface area contributed by atoms with Crippen molar-refractivity contribution in [3.63, 3.8) is 0 Å². The average Bonchev–Trinajstić information content (AvgIpc) is 2.98. The molecule has 2 fully saturated rings. The second-order valence-corrected chi connectivity index (χ2v) is 4.45. The van der Waals surface area contributed by atoms with Crippen molar-refractivity contribution in [3.8, 4) is 0 Å². The fourth-order valence-corrected chi connectivity index (χ4v) is 2.22. The quantitative estimate of drug-likeness (QED) is 0.321. The number of likely N-dealkylation sites (tertiary alicyclic amines) is 1. The molecule has 2 aliphatic rings. The van der Waals surface area contributed by atoms with Crippen molar-refractivity contribution < 1.29 is 18.8 Å². The third kappa shape index (κ3) is 1.52. The van der Waals surface area contributed by atoms with Crippen LogP contribution in [0.25, 0.3) is 0 Å². The molecule has 0 bridgehead atoms. The van der Waals surface area contributed by atoms with E-state index in [-0.39, 0.29) is 36.0 Å². The Kier molecular flexibility index (Phi) is 2.24. The summed E-state index contributed by atoms with van der Waals surface area (Å²) in [5, 5.41) is 0. The van der Waals surface area contributed by atoms with E-state index < -0.39 is 5.91 Å². The first kappa shape index (κ1) is 11.0. The van der Waals surface area contributed by atoms with Crippen LogP contribution in [0.4, 0.5) is 0 Å². The maximum Gasteiger partial charge on any atom is 0.300 e. The van der Waals surface area contributed by atoms with Crippen LogP contribution in [0, 0.1) is 11.8 Å². The summed E-state index contributed by atoms with van der Waals surface area (Å²) in [6.07, 6.45) is 0.674. The normalized spacial score (nSPS) is 25.3. The van der Waals surface area contributed by atoms with Gasteiger partial charge in [0.2, 0.25) is 11.8 Å². The maximum atomic E-state index is 11.7. The van der Waals surface area contributed by atoms with E-state index in [2.05, 4.69) is 0 Å². The average molecular weight is 249 g/mol. The van der Waals surface area contributed by atoms with E-state index in [0.29, 0.717) is 12.2 Å². The van der Waals surface area contributed by atoms with Gasteiger partial charge in [0.1, 0.15) is 5.76 Å². The molecular formula is C11H11N3O4. The highest BCUT2D eigenvalue weighted by molar-refractivity contribution is 6.08. The Labute approximate surface area is 102 Å². The number of nitrogens with two attached hydrogens (primary N) is 1. The van der Waals surface area contributed by atoms with Crippen LogP contribution in [0.2, 0.25) is 0 Å². The molecule has 3 amide bonds. The first-order chi connectivity index (χ1) is 8.61. The van der Waals surface area contributed by atoms with Crippen LogP contribution in [0.1, 0.15) is 22.7 Å². The molecule has 1 saturated heterocycles. The van der Waals surface area contributed by atoms with Gasteiger partial charge in [-0.15, -0.1) is 0 Å². The number of furan rings is 1. The zero-order valence-electron chi connectivity index (χ0n) is 9.38. The van der Waals surface area contributed by atoms with E-state index in [1.807, 2.05) is 5.43 Å². The minimum atomic E-state index is -0.553. The van der Waals surface area contributed by atoms with E-state index in [1.54, 1.807) is 6.07 Å². The Morgan fingerprint density at radius 2 is 2.06 bits per heavy atom. The lowest BCUT2D eigenvalue weighted by Gasteiger charge is -2.14. The highest BCUT2D eigenvalue weighted by Crippen LogP contribution is 2.47. The van der Waals surface area contributed by atoms with Crippen molar-refractivity contribution in [2.75, 3.05) is 0 Å². The van der Waals surface area contributed by atoms with Gasteiger partial charge in [-0.3, -0.25) is 24.7 Å². The zero-order chi connectivity index (χ0) is 12.9. The molecule has 1 aliphatic heterocycles. The van der Waals surface area contributed by atoms with Crippen molar-refractivity contribution in [3.05, 3.63) is 23.7 Å². The minimum absolute atomic E-state index is 0.0526. The Bertz CT molecular complexity index is 530. The Morgan fingerprint density at radius 1 is 1.39 bits per heavy atom. The van der Waals surface area contributed by atoms with Crippen LogP contribution < -0.4 is 11.3 Å². The number of amides is 3. The largest absolute Gasteiger partial charge is 0.454 e. The molecule has 2 atom stereocenters. The molecule has 0 spiro atoms. The van der Waals surface area contributed by atoms with Crippen molar-refractivity contribution in [1.82, 2.24) is 10.3 Å². The number of carbonyl (C=O) groups is 3. The predicted octanol–water partition coefficient (Wildman–Crippen LogP) is -0.612. The summed E-state index contributed by atoms with van der Waals surface area (Å²) in [7, 11) is 0. The fraction of sp³-hybridized carbons (Fsp3) is 0.364. The van der Waals surface area contributed by atoms with Gasteiger partial charge in [-0.25, -0.2) is 5.84 Å². The molecule has 1 saturated carbocycles. The van der Waals surface area contributed by atoms with E-state index in [1.165, 1.54) is 11.0 Å². The van der Waals surface area contributed by atoms with E-state index >= 15 is 0 Å². The number of nitrogens with zero attached hydrogens (tertiary/aromatic N) is 1. The predicted molar refractivity (Wildman–Crippen MR) is 57.5 cm³/mol. The number of fused-ring (bicyclic) bond motifs is 1. The number of hydrogen-bond donors (Lipinski definition) is 2. The molecule has 0 aromatic carbocycles. The number of hydrazine groups is 1. The summed E-state index contributed by atoms with van der Waals surface area (Å²) in [5.41, 5.74) is 1.94. The zero-order valence-corrected chi connectivity index (χ0v) is 9.38. The van der Waals surface area contributed by atoms with Crippen LogP contribution in [0.3, 0.4) is 0 Å². The summed E-state index contributed by atoms with van der Waals surface area (Å²) in [5.74, 6) is 4.31.